The largest absolute Gasteiger partial charge is 0.282 e. The minimum Gasteiger partial charge on any atom is -0.282 e. The minimum atomic E-state index is -0.468. The third-order valence-electron chi connectivity index (χ3n) is 3.60. The van der Waals surface area contributed by atoms with Gasteiger partial charge < -0.3 is 0 Å². The molecule has 3 aromatic rings. The summed E-state index contributed by atoms with van der Waals surface area (Å²) in [4.78, 5) is 14.4. The number of amides is 1. The zero-order valence-corrected chi connectivity index (χ0v) is 15.1. The van der Waals surface area contributed by atoms with Crippen LogP contribution in [0.1, 0.15) is 24.2 Å². The zero-order valence-electron chi connectivity index (χ0n) is 14.3. The fourth-order valence-electron chi connectivity index (χ4n) is 2.42. The second-order valence-corrected chi connectivity index (χ2v) is 7.17. The van der Waals surface area contributed by atoms with E-state index in [1.807, 2.05) is 13.8 Å². The van der Waals surface area contributed by atoms with Crippen LogP contribution in [0.5, 0.6) is 0 Å². The van der Waals surface area contributed by atoms with Gasteiger partial charge in [0, 0.05) is 17.7 Å². The first-order valence-corrected chi connectivity index (χ1v) is 8.92. The van der Waals surface area contributed by atoms with Crippen LogP contribution in [0.4, 0.5) is 13.9 Å². The summed E-state index contributed by atoms with van der Waals surface area (Å²) in [5.41, 5.74) is 0.974. The summed E-state index contributed by atoms with van der Waals surface area (Å²) in [6, 6.07) is 11.5. The van der Waals surface area contributed by atoms with Crippen LogP contribution in [0.25, 0.3) is 10.6 Å². The van der Waals surface area contributed by atoms with Crippen molar-refractivity contribution in [2.45, 2.75) is 13.8 Å². The van der Waals surface area contributed by atoms with E-state index in [-0.39, 0.29) is 23.2 Å². The smallest absolute Gasteiger partial charge is 0.260 e. The molecule has 7 heteroatoms. The fourth-order valence-corrected chi connectivity index (χ4v) is 3.28. The predicted molar refractivity (Wildman–Crippen MR) is 98.2 cm³/mol. The van der Waals surface area contributed by atoms with Crippen LogP contribution in [0.15, 0.2) is 48.5 Å². The first kappa shape index (κ1) is 18.1. The quantitative estimate of drug-likeness (QED) is 0.646. The lowest BCUT2D eigenvalue weighted by Crippen LogP contribution is -2.34. The van der Waals surface area contributed by atoms with Crippen LogP contribution in [-0.2, 0) is 0 Å². The van der Waals surface area contributed by atoms with Crippen molar-refractivity contribution in [2.24, 2.45) is 5.92 Å². The van der Waals surface area contributed by atoms with Crippen molar-refractivity contribution in [1.29, 1.82) is 0 Å². The molecule has 0 unspecified atom stereocenters. The third kappa shape index (κ3) is 4.11. The Morgan fingerprint density at radius 1 is 1.08 bits per heavy atom. The lowest BCUT2D eigenvalue weighted by Gasteiger charge is -2.21. The summed E-state index contributed by atoms with van der Waals surface area (Å²) in [5, 5.41) is 9.25. The molecule has 0 aliphatic carbocycles. The molecule has 0 N–H and O–H groups in total. The van der Waals surface area contributed by atoms with E-state index >= 15 is 0 Å². The average Bonchev–Trinajstić information content (AvgIpc) is 3.09. The van der Waals surface area contributed by atoms with E-state index in [1.165, 1.54) is 46.6 Å². The van der Waals surface area contributed by atoms with Crippen LogP contribution >= 0.6 is 11.3 Å². The number of rotatable bonds is 5. The van der Waals surface area contributed by atoms with Crippen molar-refractivity contribution < 1.29 is 13.6 Å². The van der Waals surface area contributed by atoms with Gasteiger partial charge in [-0.1, -0.05) is 31.3 Å². The molecule has 0 spiro atoms. The Morgan fingerprint density at radius 2 is 1.81 bits per heavy atom. The number of benzene rings is 2. The van der Waals surface area contributed by atoms with Crippen LogP contribution in [0.2, 0.25) is 0 Å². The lowest BCUT2D eigenvalue weighted by atomic mass is 10.1. The molecule has 1 aromatic heterocycles. The van der Waals surface area contributed by atoms with Gasteiger partial charge in [0.1, 0.15) is 16.6 Å². The first-order chi connectivity index (χ1) is 12.4. The number of carbonyl (C=O) groups is 1. The van der Waals surface area contributed by atoms with Crippen molar-refractivity contribution >= 4 is 22.4 Å². The molecule has 1 heterocycles. The van der Waals surface area contributed by atoms with Crippen LogP contribution in [0.3, 0.4) is 0 Å². The molecule has 0 aliphatic heterocycles. The van der Waals surface area contributed by atoms with Crippen molar-refractivity contribution in [1.82, 2.24) is 10.2 Å². The summed E-state index contributed by atoms with van der Waals surface area (Å²) >= 11 is 1.24. The lowest BCUT2D eigenvalue weighted by molar-refractivity contribution is 0.0983. The van der Waals surface area contributed by atoms with Gasteiger partial charge in [-0.15, -0.1) is 10.2 Å². The van der Waals surface area contributed by atoms with E-state index in [1.54, 1.807) is 18.2 Å². The molecule has 1 amide bonds. The van der Waals surface area contributed by atoms with Crippen LogP contribution < -0.4 is 4.90 Å². The second-order valence-electron chi connectivity index (χ2n) is 6.22. The number of hydrogen-bond donors (Lipinski definition) is 0. The van der Waals surface area contributed by atoms with Crippen molar-refractivity contribution in [2.75, 3.05) is 11.4 Å². The highest BCUT2D eigenvalue weighted by Gasteiger charge is 2.23. The molecular weight excluding hydrogens is 356 g/mol. The highest BCUT2D eigenvalue weighted by Crippen LogP contribution is 2.30. The van der Waals surface area contributed by atoms with E-state index in [2.05, 4.69) is 10.2 Å². The van der Waals surface area contributed by atoms with Gasteiger partial charge in [0.05, 0.1) is 0 Å². The topological polar surface area (TPSA) is 46.1 Å². The zero-order chi connectivity index (χ0) is 18.7. The van der Waals surface area contributed by atoms with E-state index < -0.39 is 5.82 Å². The van der Waals surface area contributed by atoms with Gasteiger partial charge in [0.15, 0.2) is 0 Å². The van der Waals surface area contributed by atoms with Crippen LogP contribution in [-0.4, -0.2) is 22.6 Å². The molecule has 0 radical (unpaired) electrons. The average molecular weight is 373 g/mol. The van der Waals surface area contributed by atoms with E-state index in [9.17, 15) is 13.6 Å². The van der Waals surface area contributed by atoms with Gasteiger partial charge in [0.25, 0.3) is 5.91 Å². The summed E-state index contributed by atoms with van der Waals surface area (Å²) in [7, 11) is 0. The Balaban J connectivity index is 1.93. The second kappa shape index (κ2) is 7.70. The summed E-state index contributed by atoms with van der Waals surface area (Å²) in [6.45, 7) is 4.38. The maximum atomic E-state index is 13.5. The standard InChI is InChI=1S/C19H17F2N3OS/c1-12(2)11-24(18(25)14-4-3-5-16(21)10-14)19-23-22-17(26-19)13-6-8-15(20)9-7-13/h3-10,12H,11H2,1-2H3. The number of nitrogens with zero attached hydrogens (tertiary/aromatic N) is 3. The molecule has 2 aromatic carbocycles. The Hall–Kier alpha value is -2.67. The molecule has 0 saturated heterocycles. The molecular formula is C19H17F2N3OS. The molecule has 0 fully saturated rings. The van der Waals surface area contributed by atoms with E-state index in [4.69, 9.17) is 0 Å². The molecule has 3 rings (SSSR count). The monoisotopic (exact) mass is 373 g/mol. The molecule has 0 atom stereocenters. The summed E-state index contributed by atoms with van der Waals surface area (Å²) in [5.74, 6) is -0.948. The number of anilines is 1. The number of halogens is 2. The van der Waals surface area contributed by atoms with Gasteiger partial charge in [-0.3, -0.25) is 9.69 Å². The van der Waals surface area contributed by atoms with Gasteiger partial charge >= 0.3 is 0 Å². The van der Waals surface area contributed by atoms with Crippen LogP contribution in [0, 0.1) is 17.6 Å². The Morgan fingerprint density at radius 3 is 2.46 bits per heavy atom. The van der Waals surface area contributed by atoms with E-state index in [0.717, 1.165) is 5.56 Å². The summed E-state index contributed by atoms with van der Waals surface area (Å²) < 4.78 is 26.6. The molecule has 26 heavy (non-hydrogen) atoms. The van der Waals surface area contributed by atoms with Crippen molar-refractivity contribution in [3.05, 3.63) is 65.7 Å². The number of hydrogen-bond acceptors (Lipinski definition) is 4. The Kier molecular flexibility index (Phi) is 5.37. The molecule has 0 bridgehead atoms. The maximum absolute atomic E-state index is 13.5. The molecule has 134 valence electrons. The third-order valence-corrected chi connectivity index (χ3v) is 4.60. The maximum Gasteiger partial charge on any atom is 0.260 e. The van der Waals surface area contributed by atoms with Crippen molar-refractivity contribution in [3.8, 4) is 10.6 Å². The van der Waals surface area contributed by atoms with Gasteiger partial charge in [-0.05, 0) is 48.4 Å². The minimum absolute atomic E-state index is 0.186. The van der Waals surface area contributed by atoms with Gasteiger partial charge in [-0.25, -0.2) is 8.78 Å². The van der Waals surface area contributed by atoms with E-state index in [0.29, 0.717) is 16.7 Å². The van der Waals surface area contributed by atoms with Gasteiger partial charge in [-0.2, -0.15) is 0 Å². The molecule has 4 nitrogen and oxygen atoms in total. The molecule has 0 saturated carbocycles. The number of aromatic nitrogens is 2. The highest BCUT2D eigenvalue weighted by atomic mass is 32.1. The predicted octanol–water partition coefficient (Wildman–Crippen LogP) is 4.79. The number of carbonyl (C=O) groups excluding carboxylic acids is 1. The fraction of sp³-hybridized carbons (Fsp3) is 0.211. The molecule has 0 aliphatic rings. The van der Waals surface area contributed by atoms with Gasteiger partial charge in [0.2, 0.25) is 5.13 Å². The highest BCUT2D eigenvalue weighted by molar-refractivity contribution is 7.18. The SMILES string of the molecule is CC(C)CN(C(=O)c1cccc(F)c1)c1nnc(-c2ccc(F)cc2)s1. The Bertz CT molecular complexity index is 909. The normalized spacial score (nSPS) is 11.0. The van der Waals surface area contributed by atoms with Crippen molar-refractivity contribution in [3.63, 3.8) is 0 Å². The first-order valence-electron chi connectivity index (χ1n) is 8.11. The Labute approximate surface area is 154 Å². The summed E-state index contributed by atoms with van der Waals surface area (Å²) in [6.07, 6.45) is 0.